The number of anilines is 2. The van der Waals surface area contributed by atoms with E-state index in [2.05, 4.69) is 10.2 Å². The number of rotatable bonds is 3. The van der Waals surface area contributed by atoms with Crippen molar-refractivity contribution in [3.63, 3.8) is 0 Å². The average Bonchev–Trinajstić information content (AvgIpc) is 2.55. The van der Waals surface area contributed by atoms with Crippen LogP contribution in [0.4, 0.5) is 22.7 Å². The Balaban J connectivity index is 1.82. The quantitative estimate of drug-likeness (QED) is 0.529. The first kappa shape index (κ1) is 13.8. The van der Waals surface area contributed by atoms with E-state index in [1.54, 1.807) is 6.07 Å². The molecule has 3 aromatic carbocycles. The second-order valence-electron chi connectivity index (χ2n) is 4.93. The minimum absolute atomic E-state index is 0.662. The zero-order valence-corrected chi connectivity index (χ0v) is 12.0. The van der Waals surface area contributed by atoms with Gasteiger partial charge in [0.1, 0.15) is 0 Å². The predicted molar refractivity (Wildman–Crippen MR) is 91.3 cm³/mol. The summed E-state index contributed by atoms with van der Waals surface area (Å²) in [6, 6.07) is 22.9. The fraction of sp³-hybridized carbons (Fsp3) is 0. The lowest BCUT2D eigenvalue weighted by Gasteiger charge is -2.06. The highest BCUT2D eigenvalue weighted by Gasteiger charge is 2.03. The Morgan fingerprint density at radius 3 is 1.91 bits per heavy atom. The number of hydrogen-bond donors (Lipinski definition) is 2. The molecular weight excluding hydrogens is 272 g/mol. The summed E-state index contributed by atoms with van der Waals surface area (Å²) < 4.78 is 0. The molecule has 0 spiro atoms. The molecular formula is C18H16N4. The summed E-state index contributed by atoms with van der Waals surface area (Å²) in [7, 11) is 0. The van der Waals surface area contributed by atoms with Crippen LogP contribution < -0.4 is 11.5 Å². The number of hydrogen-bond acceptors (Lipinski definition) is 4. The van der Waals surface area contributed by atoms with Crippen molar-refractivity contribution in [2.75, 3.05) is 11.5 Å². The van der Waals surface area contributed by atoms with Crippen molar-refractivity contribution in [3.05, 3.63) is 72.8 Å². The van der Waals surface area contributed by atoms with Crippen molar-refractivity contribution in [1.82, 2.24) is 0 Å². The zero-order chi connectivity index (χ0) is 15.4. The van der Waals surface area contributed by atoms with E-state index in [-0.39, 0.29) is 0 Å². The van der Waals surface area contributed by atoms with E-state index < -0.39 is 0 Å². The summed E-state index contributed by atoms with van der Waals surface area (Å²) >= 11 is 0. The van der Waals surface area contributed by atoms with E-state index in [1.165, 1.54) is 0 Å². The monoisotopic (exact) mass is 288 g/mol. The molecule has 0 bridgehead atoms. The smallest absolute Gasteiger partial charge is 0.0857 e. The molecule has 0 aliphatic heterocycles. The number of nitrogens with zero attached hydrogens (tertiary/aromatic N) is 2. The van der Waals surface area contributed by atoms with Gasteiger partial charge in [-0.3, -0.25) is 0 Å². The van der Waals surface area contributed by atoms with Crippen LogP contribution >= 0.6 is 0 Å². The van der Waals surface area contributed by atoms with E-state index in [4.69, 9.17) is 11.5 Å². The van der Waals surface area contributed by atoms with Crippen LogP contribution in [0.3, 0.4) is 0 Å². The number of benzene rings is 3. The van der Waals surface area contributed by atoms with Crippen LogP contribution in [0.2, 0.25) is 0 Å². The summed E-state index contributed by atoms with van der Waals surface area (Å²) in [4.78, 5) is 0. The van der Waals surface area contributed by atoms with Gasteiger partial charge in [-0.15, -0.1) is 0 Å². The molecule has 0 atom stereocenters. The molecule has 0 aliphatic rings. The second-order valence-corrected chi connectivity index (χ2v) is 4.93. The molecule has 0 unspecified atom stereocenters. The Labute approximate surface area is 129 Å². The summed E-state index contributed by atoms with van der Waals surface area (Å²) in [5, 5.41) is 8.41. The first-order chi connectivity index (χ1) is 10.7. The first-order valence-electron chi connectivity index (χ1n) is 6.94. The van der Waals surface area contributed by atoms with Gasteiger partial charge in [0, 0.05) is 16.9 Å². The highest BCUT2D eigenvalue weighted by atomic mass is 15.1. The third-order valence-corrected chi connectivity index (χ3v) is 3.29. The van der Waals surface area contributed by atoms with Gasteiger partial charge in [-0.05, 0) is 42.0 Å². The molecule has 0 aliphatic carbocycles. The molecule has 0 saturated heterocycles. The molecule has 3 rings (SSSR count). The topological polar surface area (TPSA) is 76.8 Å². The Hall–Kier alpha value is -3.14. The second kappa shape index (κ2) is 6.10. The molecule has 4 nitrogen and oxygen atoms in total. The fourth-order valence-corrected chi connectivity index (χ4v) is 2.16. The summed E-state index contributed by atoms with van der Waals surface area (Å²) in [6.45, 7) is 0. The Morgan fingerprint density at radius 1 is 0.636 bits per heavy atom. The van der Waals surface area contributed by atoms with Crippen molar-refractivity contribution < 1.29 is 0 Å². The fourth-order valence-electron chi connectivity index (χ4n) is 2.16. The lowest BCUT2D eigenvalue weighted by Crippen LogP contribution is -1.92. The number of nitrogen functional groups attached to an aromatic ring is 2. The van der Waals surface area contributed by atoms with Gasteiger partial charge >= 0.3 is 0 Å². The van der Waals surface area contributed by atoms with E-state index >= 15 is 0 Å². The van der Waals surface area contributed by atoms with Crippen LogP contribution in [0.5, 0.6) is 0 Å². The normalized spacial score (nSPS) is 10.9. The highest BCUT2D eigenvalue weighted by Crippen LogP contribution is 2.29. The Kier molecular flexibility index (Phi) is 3.83. The molecule has 3 aromatic rings. The van der Waals surface area contributed by atoms with E-state index in [0.29, 0.717) is 11.4 Å². The van der Waals surface area contributed by atoms with E-state index in [1.807, 2.05) is 66.7 Å². The SMILES string of the molecule is Nc1ccc(-c2ccc(/N=N/c3ccccc3)cc2)c(N)c1. The highest BCUT2D eigenvalue weighted by molar-refractivity contribution is 5.79. The van der Waals surface area contributed by atoms with Crippen LogP contribution in [0.1, 0.15) is 0 Å². The van der Waals surface area contributed by atoms with Gasteiger partial charge in [0.2, 0.25) is 0 Å². The van der Waals surface area contributed by atoms with E-state index in [0.717, 1.165) is 22.5 Å². The maximum Gasteiger partial charge on any atom is 0.0857 e. The minimum atomic E-state index is 0.662. The molecule has 0 saturated carbocycles. The molecule has 0 amide bonds. The van der Waals surface area contributed by atoms with Crippen LogP contribution in [0.15, 0.2) is 83.0 Å². The summed E-state index contributed by atoms with van der Waals surface area (Å²) in [6.07, 6.45) is 0. The molecule has 4 N–H and O–H groups in total. The third kappa shape index (κ3) is 3.12. The molecule has 108 valence electrons. The van der Waals surface area contributed by atoms with Gasteiger partial charge in [0.25, 0.3) is 0 Å². The van der Waals surface area contributed by atoms with Gasteiger partial charge in [0.05, 0.1) is 11.4 Å². The Bertz CT molecular complexity index is 793. The maximum atomic E-state index is 6.00. The summed E-state index contributed by atoms with van der Waals surface area (Å²) in [5.74, 6) is 0. The average molecular weight is 288 g/mol. The minimum Gasteiger partial charge on any atom is -0.399 e. The van der Waals surface area contributed by atoms with Crippen molar-refractivity contribution >= 4 is 22.7 Å². The lowest BCUT2D eigenvalue weighted by molar-refractivity contribution is 1.23. The van der Waals surface area contributed by atoms with Crippen LogP contribution in [0.25, 0.3) is 11.1 Å². The van der Waals surface area contributed by atoms with Crippen LogP contribution in [-0.2, 0) is 0 Å². The van der Waals surface area contributed by atoms with Crippen LogP contribution in [-0.4, -0.2) is 0 Å². The van der Waals surface area contributed by atoms with Crippen molar-refractivity contribution in [1.29, 1.82) is 0 Å². The standard InChI is InChI=1S/C18H16N4/c19-14-8-11-17(18(20)12-14)13-6-9-16(10-7-13)22-21-15-4-2-1-3-5-15/h1-12H,19-20H2/b22-21+. The van der Waals surface area contributed by atoms with Gasteiger partial charge in [0.15, 0.2) is 0 Å². The maximum absolute atomic E-state index is 6.00. The van der Waals surface area contributed by atoms with Gasteiger partial charge in [-0.1, -0.05) is 36.4 Å². The van der Waals surface area contributed by atoms with Gasteiger partial charge in [-0.2, -0.15) is 10.2 Å². The van der Waals surface area contributed by atoms with Crippen molar-refractivity contribution in [3.8, 4) is 11.1 Å². The van der Waals surface area contributed by atoms with Crippen molar-refractivity contribution in [2.24, 2.45) is 10.2 Å². The number of azo groups is 1. The van der Waals surface area contributed by atoms with Gasteiger partial charge < -0.3 is 11.5 Å². The first-order valence-corrected chi connectivity index (χ1v) is 6.94. The van der Waals surface area contributed by atoms with E-state index in [9.17, 15) is 0 Å². The van der Waals surface area contributed by atoms with Crippen LogP contribution in [0, 0.1) is 0 Å². The largest absolute Gasteiger partial charge is 0.399 e. The molecule has 4 heteroatoms. The predicted octanol–water partition coefficient (Wildman–Crippen LogP) is 4.93. The Morgan fingerprint density at radius 2 is 1.27 bits per heavy atom. The molecule has 0 fully saturated rings. The lowest BCUT2D eigenvalue weighted by atomic mass is 10.0. The van der Waals surface area contributed by atoms with Gasteiger partial charge in [-0.25, -0.2) is 0 Å². The van der Waals surface area contributed by atoms with Crippen molar-refractivity contribution in [2.45, 2.75) is 0 Å². The summed E-state index contributed by atoms with van der Waals surface area (Å²) in [5.41, 5.74) is 16.7. The molecule has 0 radical (unpaired) electrons. The molecule has 22 heavy (non-hydrogen) atoms. The molecule has 0 aromatic heterocycles. The molecule has 0 heterocycles. The third-order valence-electron chi connectivity index (χ3n) is 3.29. The number of nitrogens with two attached hydrogens (primary N) is 2. The zero-order valence-electron chi connectivity index (χ0n) is 12.0.